The summed E-state index contributed by atoms with van der Waals surface area (Å²) in [6.45, 7) is 2.00. The number of anilines is 1. The molecule has 0 fully saturated rings. The lowest BCUT2D eigenvalue weighted by Gasteiger charge is -2.10. The molecule has 0 radical (unpaired) electrons. The summed E-state index contributed by atoms with van der Waals surface area (Å²) in [5, 5.41) is 2.54. The molecule has 1 N–H and O–H groups in total. The maximum atomic E-state index is 13.8. The third-order valence-electron chi connectivity index (χ3n) is 4.89. The van der Waals surface area contributed by atoms with Crippen molar-refractivity contribution in [2.45, 2.75) is 6.92 Å². The highest BCUT2D eigenvalue weighted by molar-refractivity contribution is 6.04. The first-order chi connectivity index (χ1) is 15.5. The molecule has 0 aliphatic carbocycles. The SMILES string of the molecule is Cc1ccc(C#Cc2cccnc2)cc1-c1ccc(NC(=O)c2c(F)cccc2F)cc1. The molecule has 0 aliphatic rings. The zero-order valence-electron chi connectivity index (χ0n) is 17.2. The van der Waals surface area contributed by atoms with Gasteiger partial charge in [0, 0.05) is 29.2 Å². The molecule has 156 valence electrons. The van der Waals surface area contributed by atoms with E-state index in [1.807, 2.05) is 49.4 Å². The lowest BCUT2D eigenvalue weighted by atomic mass is 9.98. The van der Waals surface area contributed by atoms with Gasteiger partial charge in [-0.05, 0) is 72.1 Å². The van der Waals surface area contributed by atoms with Gasteiger partial charge in [-0.15, -0.1) is 0 Å². The Hall–Kier alpha value is -4.30. The van der Waals surface area contributed by atoms with Gasteiger partial charge in [0.1, 0.15) is 17.2 Å². The van der Waals surface area contributed by atoms with Gasteiger partial charge in [0.15, 0.2) is 0 Å². The average Bonchev–Trinajstić information content (AvgIpc) is 2.80. The molecule has 4 rings (SSSR count). The molecule has 0 unspecified atom stereocenters. The van der Waals surface area contributed by atoms with E-state index in [0.717, 1.165) is 39.9 Å². The van der Waals surface area contributed by atoms with Crippen LogP contribution in [0.1, 0.15) is 27.0 Å². The number of carbonyl (C=O) groups is 1. The molecular formula is C27H18F2N2O. The number of benzene rings is 3. The minimum atomic E-state index is -0.904. The highest BCUT2D eigenvalue weighted by atomic mass is 19.1. The van der Waals surface area contributed by atoms with Crippen LogP contribution in [0.25, 0.3) is 11.1 Å². The largest absolute Gasteiger partial charge is 0.322 e. The van der Waals surface area contributed by atoms with E-state index in [9.17, 15) is 13.6 Å². The van der Waals surface area contributed by atoms with Crippen LogP contribution in [-0.2, 0) is 0 Å². The molecule has 1 amide bonds. The minimum absolute atomic E-state index is 0.437. The van der Waals surface area contributed by atoms with Crippen LogP contribution in [-0.4, -0.2) is 10.9 Å². The summed E-state index contributed by atoms with van der Waals surface area (Å²) in [6, 6.07) is 20.1. The fourth-order valence-corrected chi connectivity index (χ4v) is 3.23. The molecule has 0 saturated carbocycles. The number of nitrogens with zero attached hydrogens (tertiary/aromatic N) is 1. The quantitative estimate of drug-likeness (QED) is 0.411. The van der Waals surface area contributed by atoms with Crippen molar-refractivity contribution in [2.75, 3.05) is 5.32 Å². The van der Waals surface area contributed by atoms with Crippen molar-refractivity contribution in [1.29, 1.82) is 0 Å². The van der Waals surface area contributed by atoms with Gasteiger partial charge in [0.2, 0.25) is 0 Å². The smallest absolute Gasteiger partial charge is 0.261 e. The van der Waals surface area contributed by atoms with Gasteiger partial charge in [-0.25, -0.2) is 8.78 Å². The third-order valence-corrected chi connectivity index (χ3v) is 4.89. The van der Waals surface area contributed by atoms with E-state index >= 15 is 0 Å². The minimum Gasteiger partial charge on any atom is -0.322 e. The highest BCUT2D eigenvalue weighted by Crippen LogP contribution is 2.26. The number of pyridine rings is 1. The van der Waals surface area contributed by atoms with Crippen LogP contribution in [0.2, 0.25) is 0 Å². The van der Waals surface area contributed by atoms with Gasteiger partial charge in [0.25, 0.3) is 5.91 Å². The van der Waals surface area contributed by atoms with Crippen LogP contribution < -0.4 is 5.32 Å². The van der Waals surface area contributed by atoms with Crippen LogP contribution in [0, 0.1) is 30.4 Å². The maximum absolute atomic E-state index is 13.8. The van der Waals surface area contributed by atoms with Crippen molar-refractivity contribution in [3.05, 3.63) is 119 Å². The molecule has 1 heterocycles. The fraction of sp³-hybridized carbons (Fsp3) is 0.0370. The Labute approximate surface area is 184 Å². The molecule has 32 heavy (non-hydrogen) atoms. The summed E-state index contributed by atoms with van der Waals surface area (Å²) in [7, 11) is 0. The van der Waals surface area contributed by atoms with E-state index in [2.05, 4.69) is 22.1 Å². The van der Waals surface area contributed by atoms with Crippen LogP contribution in [0.3, 0.4) is 0 Å². The number of aryl methyl sites for hydroxylation is 1. The van der Waals surface area contributed by atoms with Gasteiger partial charge < -0.3 is 5.32 Å². The average molecular weight is 424 g/mol. The number of carbonyl (C=O) groups excluding carboxylic acids is 1. The molecule has 3 nitrogen and oxygen atoms in total. The van der Waals surface area contributed by atoms with Gasteiger partial charge in [-0.2, -0.15) is 0 Å². The van der Waals surface area contributed by atoms with E-state index in [-0.39, 0.29) is 0 Å². The molecule has 1 aromatic heterocycles. The fourth-order valence-electron chi connectivity index (χ4n) is 3.23. The molecule has 0 atom stereocenters. The summed E-state index contributed by atoms with van der Waals surface area (Å²) in [4.78, 5) is 16.3. The molecule has 0 saturated heterocycles. The Balaban J connectivity index is 1.55. The van der Waals surface area contributed by atoms with Crippen LogP contribution in [0.5, 0.6) is 0 Å². The summed E-state index contributed by atoms with van der Waals surface area (Å²) < 4.78 is 27.7. The van der Waals surface area contributed by atoms with Crippen molar-refractivity contribution in [3.63, 3.8) is 0 Å². The summed E-state index contributed by atoms with van der Waals surface area (Å²) in [5.41, 5.74) is 4.53. The Bertz CT molecular complexity index is 1320. The zero-order valence-corrected chi connectivity index (χ0v) is 17.2. The molecule has 0 aliphatic heterocycles. The molecule has 4 aromatic rings. The van der Waals surface area contributed by atoms with Crippen molar-refractivity contribution < 1.29 is 13.6 Å². The second kappa shape index (κ2) is 9.23. The van der Waals surface area contributed by atoms with Gasteiger partial charge in [0.05, 0.1) is 0 Å². The zero-order chi connectivity index (χ0) is 22.5. The van der Waals surface area contributed by atoms with Crippen molar-refractivity contribution in [3.8, 4) is 23.0 Å². The number of halogens is 2. The second-order valence-electron chi connectivity index (χ2n) is 7.15. The Morgan fingerprint density at radius 1 is 0.875 bits per heavy atom. The third kappa shape index (κ3) is 4.71. The molecule has 5 heteroatoms. The first-order valence-corrected chi connectivity index (χ1v) is 9.90. The van der Waals surface area contributed by atoms with Crippen LogP contribution in [0.15, 0.2) is 85.2 Å². The second-order valence-corrected chi connectivity index (χ2v) is 7.15. The molecule has 0 spiro atoms. The number of hydrogen-bond donors (Lipinski definition) is 1. The van der Waals surface area contributed by atoms with E-state index < -0.39 is 23.1 Å². The van der Waals surface area contributed by atoms with Crippen LogP contribution >= 0.6 is 0 Å². The highest BCUT2D eigenvalue weighted by Gasteiger charge is 2.17. The van der Waals surface area contributed by atoms with E-state index in [0.29, 0.717) is 5.69 Å². The number of amides is 1. The topological polar surface area (TPSA) is 42.0 Å². The molecular weight excluding hydrogens is 406 g/mol. The summed E-state index contributed by atoms with van der Waals surface area (Å²) in [6.07, 6.45) is 3.41. The monoisotopic (exact) mass is 424 g/mol. The maximum Gasteiger partial charge on any atom is 0.261 e. The Morgan fingerprint density at radius 3 is 2.28 bits per heavy atom. The number of nitrogens with one attached hydrogen (secondary N) is 1. The predicted molar refractivity (Wildman–Crippen MR) is 121 cm³/mol. The Morgan fingerprint density at radius 2 is 1.59 bits per heavy atom. The standard InChI is InChI=1S/C27H18F2N2O/c1-18-7-8-19(9-10-20-4-3-15-30-17-20)16-23(18)21-11-13-22(14-12-21)31-27(32)26-24(28)5-2-6-25(26)29/h2-8,11-17H,1H3,(H,31,32). The first-order valence-electron chi connectivity index (χ1n) is 9.90. The van der Waals surface area contributed by atoms with Gasteiger partial charge in [-0.1, -0.05) is 36.1 Å². The Kier molecular flexibility index (Phi) is 6.05. The van der Waals surface area contributed by atoms with Gasteiger partial charge in [-0.3, -0.25) is 9.78 Å². The summed E-state index contributed by atoms with van der Waals surface area (Å²) in [5.74, 6) is 3.60. The first kappa shape index (κ1) is 21.0. The number of aromatic nitrogens is 1. The lowest BCUT2D eigenvalue weighted by Crippen LogP contribution is -2.15. The van der Waals surface area contributed by atoms with E-state index in [4.69, 9.17) is 0 Å². The van der Waals surface area contributed by atoms with Crippen molar-refractivity contribution in [2.24, 2.45) is 0 Å². The van der Waals surface area contributed by atoms with E-state index in [1.165, 1.54) is 6.07 Å². The van der Waals surface area contributed by atoms with Crippen LogP contribution in [0.4, 0.5) is 14.5 Å². The molecule has 0 bridgehead atoms. The van der Waals surface area contributed by atoms with E-state index in [1.54, 1.807) is 24.5 Å². The van der Waals surface area contributed by atoms with Crippen molar-refractivity contribution in [1.82, 2.24) is 4.98 Å². The van der Waals surface area contributed by atoms with Gasteiger partial charge >= 0.3 is 0 Å². The summed E-state index contributed by atoms with van der Waals surface area (Å²) >= 11 is 0. The lowest BCUT2D eigenvalue weighted by molar-refractivity contribution is 0.101. The predicted octanol–water partition coefficient (Wildman–Crippen LogP) is 5.99. The number of hydrogen-bond acceptors (Lipinski definition) is 2. The number of rotatable bonds is 3. The van der Waals surface area contributed by atoms with Crippen molar-refractivity contribution >= 4 is 11.6 Å². The normalized spacial score (nSPS) is 10.2. The molecule has 3 aromatic carbocycles.